The van der Waals surface area contributed by atoms with Gasteiger partial charge in [-0.1, -0.05) is 35.9 Å². The van der Waals surface area contributed by atoms with Gasteiger partial charge >= 0.3 is 0 Å². The highest BCUT2D eigenvalue weighted by Crippen LogP contribution is 2.25. The van der Waals surface area contributed by atoms with Crippen molar-refractivity contribution in [2.24, 2.45) is 5.10 Å². The summed E-state index contributed by atoms with van der Waals surface area (Å²) in [4.78, 5) is 12.2. The molecule has 3 aromatic carbocycles. The van der Waals surface area contributed by atoms with Crippen LogP contribution in [0.1, 0.15) is 15.9 Å². The molecule has 3 rings (SSSR count). The summed E-state index contributed by atoms with van der Waals surface area (Å²) in [5, 5.41) is 25.1. The summed E-state index contributed by atoms with van der Waals surface area (Å²) in [6.07, 6.45) is 1.39. The number of fused-ring (bicyclic) bond motifs is 1. The molecule has 0 saturated heterocycles. The molecule has 1 amide bonds. The van der Waals surface area contributed by atoms with Crippen LogP contribution >= 0.6 is 11.6 Å². The molecule has 0 saturated carbocycles. The number of phenols is 2. The van der Waals surface area contributed by atoms with Crippen LogP contribution in [0.15, 0.2) is 59.7 Å². The topological polar surface area (TPSA) is 81.9 Å². The minimum absolute atomic E-state index is 0.0288. The lowest BCUT2D eigenvalue weighted by molar-refractivity contribution is 0.0952. The second-order valence-electron chi connectivity index (χ2n) is 5.13. The number of phenolic OH excluding ortho intramolecular Hbond substituents is 2. The predicted molar refractivity (Wildman–Crippen MR) is 93.8 cm³/mol. The maximum absolute atomic E-state index is 12.2. The van der Waals surface area contributed by atoms with Crippen LogP contribution in [0, 0.1) is 0 Å². The van der Waals surface area contributed by atoms with Gasteiger partial charge in [0.15, 0.2) is 0 Å². The van der Waals surface area contributed by atoms with Crippen molar-refractivity contribution in [1.29, 1.82) is 0 Å². The first-order valence-corrected chi connectivity index (χ1v) is 7.46. The number of carbonyl (C=O) groups is 1. The van der Waals surface area contributed by atoms with E-state index in [2.05, 4.69) is 10.5 Å². The first kappa shape index (κ1) is 15.8. The number of hydrazone groups is 1. The molecule has 0 aliphatic rings. The van der Waals surface area contributed by atoms with Crippen molar-refractivity contribution in [1.82, 2.24) is 5.43 Å². The number of amides is 1. The number of halogens is 1. The van der Waals surface area contributed by atoms with Crippen LogP contribution in [0.3, 0.4) is 0 Å². The third kappa shape index (κ3) is 3.31. The van der Waals surface area contributed by atoms with Crippen LogP contribution in [0.2, 0.25) is 5.02 Å². The quantitative estimate of drug-likeness (QED) is 0.502. The van der Waals surface area contributed by atoms with Crippen LogP contribution in [0.4, 0.5) is 0 Å². The molecule has 0 radical (unpaired) electrons. The molecule has 24 heavy (non-hydrogen) atoms. The van der Waals surface area contributed by atoms with Gasteiger partial charge in [0.05, 0.1) is 16.8 Å². The Labute approximate surface area is 142 Å². The lowest BCUT2D eigenvalue weighted by atomic mass is 10.1. The number of nitrogens with zero attached hydrogens (tertiary/aromatic N) is 1. The van der Waals surface area contributed by atoms with E-state index in [4.69, 9.17) is 11.6 Å². The van der Waals surface area contributed by atoms with Crippen LogP contribution in [0.5, 0.6) is 11.5 Å². The van der Waals surface area contributed by atoms with E-state index < -0.39 is 5.91 Å². The molecule has 0 heterocycles. The van der Waals surface area contributed by atoms with E-state index in [0.717, 1.165) is 10.8 Å². The van der Waals surface area contributed by atoms with E-state index in [1.54, 1.807) is 12.1 Å². The lowest BCUT2D eigenvalue weighted by Gasteiger charge is -2.05. The molecule has 120 valence electrons. The molecule has 0 bridgehead atoms. The first-order valence-electron chi connectivity index (χ1n) is 7.08. The number of hydrogen-bond donors (Lipinski definition) is 3. The zero-order valence-corrected chi connectivity index (χ0v) is 13.2. The molecule has 3 N–H and O–H groups in total. The molecule has 0 fully saturated rings. The number of hydrogen-bond acceptors (Lipinski definition) is 4. The Morgan fingerprint density at radius 1 is 1.00 bits per heavy atom. The summed E-state index contributed by atoms with van der Waals surface area (Å²) in [7, 11) is 0. The smallest absolute Gasteiger partial charge is 0.275 e. The largest absolute Gasteiger partial charge is 0.507 e. The number of carbonyl (C=O) groups excluding carboxylic acids is 1. The van der Waals surface area contributed by atoms with Gasteiger partial charge in [-0.25, -0.2) is 5.43 Å². The molecule has 0 aliphatic heterocycles. The minimum atomic E-state index is -0.528. The third-order valence-corrected chi connectivity index (χ3v) is 3.76. The molecule has 0 atom stereocenters. The summed E-state index contributed by atoms with van der Waals surface area (Å²) in [5.74, 6) is -0.674. The fourth-order valence-electron chi connectivity index (χ4n) is 2.24. The van der Waals surface area contributed by atoms with E-state index in [1.165, 1.54) is 24.4 Å². The number of benzene rings is 3. The Bertz CT molecular complexity index is 954. The Balaban J connectivity index is 1.78. The van der Waals surface area contributed by atoms with E-state index in [1.807, 2.05) is 24.3 Å². The van der Waals surface area contributed by atoms with Gasteiger partial charge in [-0.3, -0.25) is 4.79 Å². The fraction of sp³-hybridized carbons (Fsp3) is 0. The maximum Gasteiger partial charge on any atom is 0.275 e. The Hall–Kier alpha value is -3.05. The lowest BCUT2D eigenvalue weighted by Crippen LogP contribution is -2.17. The van der Waals surface area contributed by atoms with Gasteiger partial charge in [-0.05, 0) is 46.7 Å². The molecule has 0 spiro atoms. The Kier molecular flexibility index (Phi) is 4.35. The molecule has 0 aliphatic carbocycles. The second-order valence-corrected chi connectivity index (χ2v) is 5.53. The van der Waals surface area contributed by atoms with Gasteiger partial charge in [0, 0.05) is 0 Å². The van der Waals surface area contributed by atoms with Crippen LogP contribution in [-0.2, 0) is 0 Å². The normalized spacial score (nSPS) is 11.0. The van der Waals surface area contributed by atoms with Gasteiger partial charge < -0.3 is 10.2 Å². The predicted octanol–water partition coefficient (Wildman–Crippen LogP) is 3.67. The van der Waals surface area contributed by atoms with E-state index in [9.17, 15) is 15.0 Å². The monoisotopic (exact) mass is 340 g/mol. The van der Waals surface area contributed by atoms with Crippen molar-refractivity contribution in [2.45, 2.75) is 0 Å². The summed E-state index contributed by atoms with van der Waals surface area (Å²) < 4.78 is 0. The highest BCUT2D eigenvalue weighted by molar-refractivity contribution is 6.32. The SMILES string of the molecule is O=C(NN=Cc1ccc(O)c(Cl)c1)c1cc2ccccc2cc1O. The average Bonchev–Trinajstić information content (AvgIpc) is 2.57. The molecule has 6 heteroatoms. The van der Waals surface area contributed by atoms with Crippen molar-refractivity contribution in [2.75, 3.05) is 0 Å². The van der Waals surface area contributed by atoms with Gasteiger partial charge in [0.1, 0.15) is 11.5 Å². The third-order valence-electron chi connectivity index (χ3n) is 3.46. The highest BCUT2D eigenvalue weighted by Gasteiger charge is 2.11. The van der Waals surface area contributed by atoms with Crippen LogP contribution < -0.4 is 5.43 Å². The summed E-state index contributed by atoms with van der Waals surface area (Å²) in [5.41, 5.74) is 3.10. The molecule has 0 unspecified atom stereocenters. The Morgan fingerprint density at radius 2 is 1.71 bits per heavy atom. The number of rotatable bonds is 3. The maximum atomic E-state index is 12.2. The zero-order chi connectivity index (χ0) is 17.1. The molecular formula is C18H13ClN2O3. The van der Waals surface area contributed by atoms with Crippen molar-refractivity contribution in [3.63, 3.8) is 0 Å². The van der Waals surface area contributed by atoms with Crippen molar-refractivity contribution < 1.29 is 15.0 Å². The van der Waals surface area contributed by atoms with Crippen LogP contribution in [-0.4, -0.2) is 22.3 Å². The van der Waals surface area contributed by atoms with Crippen molar-refractivity contribution in [3.05, 3.63) is 70.7 Å². The second kappa shape index (κ2) is 6.60. The highest BCUT2D eigenvalue weighted by atomic mass is 35.5. The van der Waals surface area contributed by atoms with Gasteiger partial charge in [-0.15, -0.1) is 0 Å². The van der Waals surface area contributed by atoms with Gasteiger partial charge in [-0.2, -0.15) is 5.10 Å². The van der Waals surface area contributed by atoms with Crippen molar-refractivity contribution in [3.8, 4) is 11.5 Å². The fourth-order valence-corrected chi connectivity index (χ4v) is 2.43. The number of aromatic hydroxyl groups is 2. The standard InChI is InChI=1S/C18H13ClN2O3/c19-15-7-11(5-6-16(15)22)10-20-21-18(24)14-8-12-3-1-2-4-13(12)9-17(14)23/h1-10,22-23H,(H,21,24). The van der Waals surface area contributed by atoms with Crippen LogP contribution in [0.25, 0.3) is 10.8 Å². The molecule has 0 aromatic heterocycles. The first-order chi connectivity index (χ1) is 11.5. The zero-order valence-electron chi connectivity index (χ0n) is 12.4. The van der Waals surface area contributed by atoms with E-state index in [0.29, 0.717) is 5.56 Å². The minimum Gasteiger partial charge on any atom is -0.507 e. The van der Waals surface area contributed by atoms with Gasteiger partial charge in [0.25, 0.3) is 5.91 Å². The van der Waals surface area contributed by atoms with Gasteiger partial charge in [0.2, 0.25) is 0 Å². The number of nitrogens with one attached hydrogen (secondary N) is 1. The summed E-state index contributed by atoms with van der Waals surface area (Å²) in [6, 6.07) is 15.1. The van der Waals surface area contributed by atoms with E-state index in [-0.39, 0.29) is 22.1 Å². The summed E-state index contributed by atoms with van der Waals surface area (Å²) in [6.45, 7) is 0. The molecule has 3 aromatic rings. The van der Waals surface area contributed by atoms with E-state index >= 15 is 0 Å². The Morgan fingerprint density at radius 3 is 2.42 bits per heavy atom. The molecular weight excluding hydrogens is 328 g/mol. The van der Waals surface area contributed by atoms with Crippen molar-refractivity contribution >= 4 is 34.5 Å². The average molecular weight is 341 g/mol. The molecule has 5 nitrogen and oxygen atoms in total. The summed E-state index contributed by atoms with van der Waals surface area (Å²) >= 11 is 5.80.